The highest BCUT2D eigenvalue weighted by atomic mass is 16.7. The van der Waals surface area contributed by atoms with Gasteiger partial charge in [0.2, 0.25) is 23.4 Å². The number of likely N-dealkylation sites (tertiary alicyclic amines) is 1. The second-order valence-electron chi connectivity index (χ2n) is 14.2. The van der Waals surface area contributed by atoms with Crippen LogP contribution in [0.3, 0.4) is 0 Å². The molecule has 14 nitrogen and oxygen atoms in total. The zero-order chi connectivity index (χ0) is 34.6. The van der Waals surface area contributed by atoms with Crippen molar-refractivity contribution in [3.05, 3.63) is 35.9 Å². The maximum Gasteiger partial charge on any atom is 0.408 e. The molecular formula is C34H45N5O9. The molecule has 260 valence electrons. The quantitative estimate of drug-likeness (QED) is 0.222. The van der Waals surface area contributed by atoms with Crippen LogP contribution in [-0.4, -0.2) is 102 Å². The van der Waals surface area contributed by atoms with Crippen LogP contribution in [0.5, 0.6) is 0 Å². The van der Waals surface area contributed by atoms with Crippen molar-refractivity contribution >= 4 is 41.1 Å². The SMILES string of the molecule is CCC[C@H](NC(=O)[C@@H]1CC2(CC(C(=O)c3ccccc3)=NO2)CN1C(=O)[C@@H](NC(=O)O[C@H]1CCOC1)C(C)(C)C)C(=O)C(=O)NC1CC1. The van der Waals surface area contributed by atoms with Gasteiger partial charge in [0.05, 0.1) is 25.8 Å². The van der Waals surface area contributed by atoms with E-state index < -0.39 is 64.8 Å². The molecule has 14 heteroatoms. The summed E-state index contributed by atoms with van der Waals surface area (Å²) in [6.45, 7) is 7.76. The summed E-state index contributed by atoms with van der Waals surface area (Å²) < 4.78 is 10.8. The molecule has 5 rings (SSSR count). The van der Waals surface area contributed by atoms with Crippen LogP contribution in [0.2, 0.25) is 0 Å². The van der Waals surface area contributed by atoms with Gasteiger partial charge in [-0.15, -0.1) is 0 Å². The van der Waals surface area contributed by atoms with Crippen LogP contribution >= 0.6 is 0 Å². The highest BCUT2D eigenvalue weighted by Gasteiger charge is 2.56. The first-order valence-electron chi connectivity index (χ1n) is 16.7. The van der Waals surface area contributed by atoms with Crippen molar-refractivity contribution < 1.29 is 43.1 Å². The number of hydrogen-bond acceptors (Lipinski definition) is 10. The van der Waals surface area contributed by atoms with Crippen molar-refractivity contribution in [2.75, 3.05) is 19.8 Å². The fraction of sp³-hybridized carbons (Fsp3) is 0.618. The zero-order valence-electron chi connectivity index (χ0n) is 27.9. The lowest BCUT2D eigenvalue weighted by Gasteiger charge is -2.35. The molecule has 3 heterocycles. The Morgan fingerprint density at radius 1 is 1.06 bits per heavy atom. The predicted octanol–water partition coefficient (Wildman–Crippen LogP) is 2.05. The smallest absolute Gasteiger partial charge is 0.408 e. The van der Waals surface area contributed by atoms with E-state index in [0.717, 1.165) is 12.8 Å². The number of nitrogens with one attached hydrogen (secondary N) is 3. The van der Waals surface area contributed by atoms with Gasteiger partial charge < -0.3 is 35.2 Å². The molecule has 0 bridgehead atoms. The monoisotopic (exact) mass is 667 g/mol. The molecule has 1 saturated carbocycles. The molecule has 5 atom stereocenters. The highest BCUT2D eigenvalue weighted by Crippen LogP contribution is 2.39. The van der Waals surface area contributed by atoms with Gasteiger partial charge in [0.15, 0.2) is 5.60 Å². The first kappa shape index (κ1) is 35.0. The lowest BCUT2D eigenvalue weighted by Crippen LogP contribution is -2.59. The standard InChI is InChI=1S/C34H45N5O9/c1-5-9-23(27(41)30(43)35-21-12-13-21)36-29(42)25-17-34(16-24(38-48-34)26(40)20-10-7-6-8-11-20)19-39(25)31(44)28(33(2,3)4)37-32(45)47-22-14-15-46-18-22/h6-8,10-11,21-23,25,28H,5,9,12-19H2,1-4H3,(H,35,43)(H,36,42)(H,37,45)/t22-,23-,25-,28+,34?/m0/s1. The minimum absolute atomic E-state index is 0.0345. The summed E-state index contributed by atoms with van der Waals surface area (Å²) in [6.07, 6.45) is 1.62. The number of hydrogen-bond donors (Lipinski definition) is 3. The number of nitrogens with zero attached hydrogens (tertiary/aromatic N) is 2. The molecule has 1 spiro atoms. The van der Waals surface area contributed by atoms with Gasteiger partial charge in [-0.05, 0) is 24.7 Å². The summed E-state index contributed by atoms with van der Waals surface area (Å²) in [4.78, 5) is 87.5. The van der Waals surface area contributed by atoms with E-state index >= 15 is 0 Å². The Kier molecular flexibility index (Phi) is 10.5. The van der Waals surface area contributed by atoms with Crippen LogP contribution in [-0.2, 0) is 33.5 Å². The number of Topliss-reactive ketones (excluding diaryl/α,β-unsaturated/α-hetero) is 2. The van der Waals surface area contributed by atoms with Crippen LogP contribution in [0.25, 0.3) is 0 Å². The second-order valence-corrected chi connectivity index (χ2v) is 14.2. The summed E-state index contributed by atoms with van der Waals surface area (Å²) >= 11 is 0. The average molecular weight is 668 g/mol. The Labute approximate surface area is 279 Å². The van der Waals surface area contributed by atoms with Crippen molar-refractivity contribution in [1.82, 2.24) is 20.9 Å². The molecule has 1 unspecified atom stereocenters. The summed E-state index contributed by atoms with van der Waals surface area (Å²) in [5.41, 5.74) is -1.46. The van der Waals surface area contributed by atoms with E-state index in [0.29, 0.717) is 25.0 Å². The van der Waals surface area contributed by atoms with Gasteiger partial charge in [0.1, 0.15) is 23.9 Å². The Bertz CT molecular complexity index is 1450. The van der Waals surface area contributed by atoms with E-state index in [2.05, 4.69) is 21.1 Å². The van der Waals surface area contributed by atoms with Gasteiger partial charge in [-0.25, -0.2) is 4.79 Å². The largest absolute Gasteiger partial charge is 0.444 e. The van der Waals surface area contributed by atoms with Crippen LogP contribution in [0, 0.1) is 5.41 Å². The molecule has 3 aliphatic heterocycles. The summed E-state index contributed by atoms with van der Waals surface area (Å²) in [5, 5.41) is 12.2. The third-order valence-electron chi connectivity index (χ3n) is 9.01. The number of ketones is 2. The number of carbonyl (C=O) groups excluding carboxylic acids is 6. The highest BCUT2D eigenvalue weighted by molar-refractivity contribution is 6.46. The minimum Gasteiger partial charge on any atom is -0.444 e. The fourth-order valence-corrected chi connectivity index (χ4v) is 6.20. The topological polar surface area (TPSA) is 182 Å². The van der Waals surface area contributed by atoms with Crippen molar-refractivity contribution in [2.24, 2.45) is 10.6 Å². The number of benzene rings is 1. The molecule has 3 N–H and O–H groups in total. The van der Waals surface area contributed by atoms with E-state index in [1.54, 1.807) is 51.1 Å². The maximum atomic E-state index is 14.4. The van der Waals surface area contributed by atoms with E-state index in [-0.39, 0.29) is 50.0 Å². The molecule has 1 aromatic rings. The number of amides is 4. The molecule has 48 heavy (non-hydrogen) atoms. The predicted molar refractivity (Wildman–Crippen MR) is 172 cm³/mol. The first-order valence-corrected chi connectivity index (χ1v) is 16.7. The Balaban J connectivity index is 1.38. The fourth-order valence-electron chi connectivity index (χ4n) is 6.20. The Morgan fingerprint density at radius 2 is 1.79 bits per heavy atom. The number of carbonyl (C=O) groups is 6. The average Bonchev–Trinajstić information content (AvgIpc) is 3.40. The molecule has 1 aromatic carbocycles. The van der Waals surface area contributed by atoms with Crippen molar-refractivity contribution in [3.63, 3.8) is 0 Å². The van der Waals surface area contributed by atoms with E-state index in [1.165, 1.54) is 4.90 Å². The third-order valence-corrected chi connectivity index (χ3v) is 9.01. The van der Waals surface area contributed by atoms with Crippen LogP contribution in [0.1, 0.15) is 83.0 Å². The normalized spacial score (nSPS) is 24.7. The summed E-state index contributed by atoms with van der Waals surface area (Å²) in [7, 11) is 0. The molecule has 1 aliphatic carbocycles. The van der Waals surface area contributed by atoms with Crippen molar-refractivity contribution in [2.45, 2.75) is 109 Å². The van der Waals surface area contributed by atoms with Gasteiger partial charge in [-0.3, -0.25) is 24.0 Å². The minimum atomic E-state index is -1.21. The molecule has 0 aromatic heterocycles. The maximum absolute atomic E-state index is 14.4. The van der Waals surface area contributed by atoms with Gasteiger partial charge in [-0.2, -0.15) is 0 Å². The zero-order valence-corrected chi connectivity index (χ0v) is 27.9. The third kappa shape index (κ3) is 8.20. The molecule has 4 amide bonds. The second kappa shape index (κ2) is 14.4. The van der Waals surface area contributed by atoms with Crippen molar-refractivity contribution in [3.8, 4) is 0 Å². The van der Waals surface area contributed by atoms with Crippen molar-refractivity contribution in [1.29, 1.82) is 0 Å². The summed E-state index contributed by atoms with van der Waals surface area (Å²) in [5.74, 6) is -3.08. The van der Waals surface area contributed by atoms with Gasteiger partial charge in [-0.1, -0.05) is 69.6 Å². The van der Waals surface area contributed by atoms with E-state index in [4.69, 9.17) is 14.3 Å². The number of alkyl carbamates (subject to hydrolysis) is 1. The Hall–Kier alpha value is -4.33. The number of rotatable bonds is 12. The number of ether oxygens (including phenoxy) is 2. The number of oxime groups is 1. The Morgan fingerprint density at radius 3 is 2.42 bits per heavy atom. The lowest BCUT2D eigenvalue weighted by atomic mass is 9.85. The van der Waals surface area contributed by atoms with Crippen LogP contribution < -0.4 is 16.0 Å². The van der Waals surface area contributed by atoms with Crippen LogP contribution in [0.4, 0.5) is 4.79 Å². The molecular weight excluding hydrogens is 622 g/mol. The molecule has 4 aliphatic rings. The molecule has 3 fully saturated rings. The van der Waals surface area contributed by atoms with E-state index in [1.807, 2.05) is 6.92 Å². The molecule has 0 radical (unpaired) electrons. The van der Waals surface area contributed by atoms with Crippen LogP contribution in [0.15, 0.2) is 35.5 Å². The molecule has 2 saturated heterocycles. The van der Waals surface area contributed by atoms with Gasteiger partial charge in [0.25, 0.3) is 5.91 Å². The summed E-state index contributed by atoms with van der Waals surface area (Å²) in [6, 6.07) is 5.16. The lowest BCUT2D eigenvalue weighted by molar-refractivity contribution is -0.144. The first-order chi connectivity index (χ1) is 22.8. The van der Waals surface area contributed by atoms with Gasteiger partial charge in [0, 0.05) is 30.9 Å². The van der Waals surface area contributed by atoms with E-state index in [9.17, 15) is 28.8 Å². The van der Waals surface area contributed by atoms with Gasteiger partial charge >= 0.3 is 6.09 Å².